The second-order valence-electron chi connectivity index (χ2n) is 10.7. The molecule has 1 aliphatic heterocycles. The number of carbonyl (C=O) groups is 3. The summed E-state index contributed by atoms with van der Waals surface area (Å²) >= 11 is 0. The molecule has 51 heavy (non-hydrogen) atoms. The third-order valence-corrected chi connectivity index (χ3v) is 7.20. The molecule has 5 aromatic rings. The van der Waals surface area contributed by atoms with E-state index in [2.05, 4.69) is 40.2 Å². The van der Waals surface area contributed by atoms with Crippen molar-refractivity contribution in [3.05, 3.63) is 66.4 Å². The molecule has 1 aliphatic rings. The largest absolute Gasteiger partial charge is 0.490 e. The minimum Gasteiger partial charge on any atom is -0.475 e. The summed E-state index contributed by atoms with van der Waals surface area (Å²) in [5.41, 5.74) is 3.98. The number of anilines is 2. The molecule has 0 saturated carbocycles. The number of nitrogens with one attached hydrogen (secondary N) is 2. The van der Waals surface area contributed by atoms with Crippen molar-refractivity contribution >= 4 is 51.4 Å². The third kappa shape index (κ3) is 9.13. The van der Waals surface area contributed by atoms with Crippen LogP contribution in [0.1, 0.15) is 28.9 Å². The lowest BCUT2D eigenvalue weighted by atomic mass is 10.00. The summed E-state index contributed by atoms with van der Waals surface area (Å²) in [6, 6.07) is 4.72. The number of fused-ring (bicyclic) bond motifs is 2. The maximum atomic E-state index is 15.3. The van der Waals surface area contributed by atoms with Crippen molar-refractivity contribution in [3.63, 3.8) is 0 Å². The minimum absolute atomic E-state index is 0.0446. The second kappa shape index (κ2) is 15.2. The van der Waals surface area contributed by atoms with Crippen molar-refractivity contribution in [1.29, 1.82) is 0 Å². The van der Waals surface area contributed by atoms with E-state index in [0.29, 0.717) is 59.6 Å². The Balaban J connectivity index is 0.000000353. The summed E-state index contributed by atoms with van der Waals surface area (Å²) in [6.07, 6.45) is -2.17. The van der Waals surface area contributed by atoms with Crippen LogP contribution in [-0.2, 0) is 16.6 Å². The molecule has 1 amide bonds. The highest BCUT2D eigenvalue weighted by Crippen LogP contribution is 2.37. The van der Waals surface area contributed by atoms with Gasteiger partial charge in [-0.15, -0.1) is 0 Å². The Bertz CT molecular complexity index is 2000. The van der Waals surface area contributed by atoms with Crippen LogP contribution in [0.25, 0.3) is 22.1 Å². The number of imidazole rings is 1. The molecule has 1 atom stereocenters. The van der Waals surface area contributed by atoms with E-state index < -0.39 is 24.3 Å². The van der Waals surface area contributed by atoms with Gasteiger partial charge in [-0.2, -0.15) is 31.4 Å². The van der Waals surface area contributed by atoms with Crippen LogP contribution in [0.15, 0.2) is 49.4 Å². The number of carboxylic acids is 2. The molecule has 1 aromatic carbocycles. The zero-order valence-corrected chi connectivity index (χ0v) is 26.4. The topological polar surface area (TPSA) is 195 Å². The number of pyridine rings is 1. The molecular weight excluding hydrogens is 701 g/mol. The number of H-pyrrole nitrogens is 1. The first-order chi connectivity index (χ1) is 23.9. The molecule has 22 heteroatoms. The Labute approximate surface area is 281 Å². The standard InChI is InChI=1S/C25H25FN10O.2C2HF3O2/c1-15(33-24-21-23(29-13-28-21)30-14-31-24)18-10-19(26)17-4-3-5-27-20(17)22(18)35-6-8-36(9-7-35)25(37)16-11-32-34(2)12-16;2*3-2(4,5)1(6)7/h3-5,10-15H,6-9H2,1-2H3,(H2,28,29,30,31,33);2*(H,6,7). The van der Waals surface area contributed by atoms with E-state index in [0.717, 1.165) is 11.3 Å². The molecule has 0 aliphatic carbocycles. The highest BCUT2D eigenvalue weighted by molar-refractivity contribution is 5.95. The van der Waals surface area contributed by atoms with Gasteiger partial charge in [-0.25, -0.2) is 28.9 Å². The lowest BCUT2D eigenvalue weighted by Crippen LogP contribution is -2.49. The number of halogens is 7. The number of aliphatic carboxylic acids is 2. The Hall–Kier alpha value is -6.09. The van der Waals surface area contributed by atoms with Gasteiger partial charge in [0.2, 0.25) is 0 Å². The van der Waals surface area contributed by atoms with Crippen LogP contribution in [0.5, 0.6) is 0 Å². The summed E-state index contributed by atoms with van der Waals surface area (Å²) in [5.74, 6) is -5.34. The Morgan fingerprint density at radius 2 is 1.57 bits per heavy atom. The number of alkyl halides is 6. The zero-order chi connectivity index (χ0) is 37.7. The van der Waals surface area contributed by atoms with Crippen molar-refractivity contribution in [2.24, 2.45) is 7.05 Å². The fourth-order valence-corrected chi connectivity index (χ4v) is 4.87. The maximum absolute atomic E-state index is 15.3. The first kappa shape index (κ1) is 37.7. The number of piperazine rings is 1. The van der Waals surface area contributed by atoms with Crippen molar-refractivity contribution in [2.75, 3.05) is 36.4 Å². The molecule has 0 spiro atoms. The second-order valence-corrected chi connectivity index (χ2v) is 10.7. The lowest BCUT2D eigenvalue weighted by Gasteiger charge is -2.38. The van der Waals surface area contributed by atoms with Crippen LogP contribution in [0, 0.1) is 5.82 Å². The Kier molecular flexibility index (Phi) is 11.3. The fourth-order valence-electron chi connectivity index (χ4n) is 4.87. The number of aryl methyl sites for hydroxylation is 1. The molecular formula is C29H27F7N10O5. The average molecular weight is 729 g/mol. The summed E-state index contributed by atoms with van der Waals surface area (Å²) in [4.78, 5) is 55.1. The molecule has 4 aromatic heterocycles. The summed E-state index contributed by atoms with van der Waals surface area (Å²) in [7, 11) is 1.79. The summed E-state index contributed by atoms with van der Waals surface area (Å²) in [6.45, 7) is 4.18. The number of hydrogen-bond donors (Lipinski definition) is 4. The van der Waals surface area contributed by atoms with E-state index in [4.69, 9.17) is 19.8 Å². The van der Waals surface area contributed by atoms with E-state index in [1.54, 1.807) is 54.8 Å². The van der Waals surface area contributed by atoms with Gasteiger partial charge < -0.3 is 30.3 Å². The van der Waals surface area contributed by atoms with Crippen LogP contribution in [0.4, 0.5) is 42.2 Å². The lowest BCUT2D eigenvalue weighted by molar-refractivity contribution is -0.193. The van der Waals surface area contributed by atoms with Gasteiger partial charge in [0.25, 0.3) is 5.91 Å². The molecule has 6 rings (SSSR count). The van der Waals surface area contributed by atoms with Crippen LogP contribution in [0.2, 0.25) is 0 Å². The predicted molar refractivity (Wildman–Crippen MR) is 164 cm³/mol. The number of rotatable bonds is 5. The summed E-state index contributed by atoms with van der Waals surface area (Å²) < 4.78 is 80.4. The number of carbonyl (C=O) groups excluding carboxylic acids is 1. The number of aromatic nitrogens is 7. The van der Waals surface area contributed by atoms with Crippen molar-refractivity contribution in [3.8, 4) is 0 Å². The average Bonchev–Trinajstić information content (AvgIpc) is 3.74. The molecule has 1 fully saturated rings. The molecule has 5 heterocycles. The molecule has 4 N–H and O–H groups in total. The number of amides is 1. The van der Waals surface area contributed by atoms with E-state index in [1.807, 2.05) is 11.8 Å². The first-order valence-corrected chi connectivity index (χ1v) is 14.5. The molecule has 15 nitrogen and oxygen atoms in total. The van der Waals surface area contributed by atoms with Gasteiger partial charge in [-0.1, -0.05) is 0 Å². The zero-order valence-electron chi connectivity index (χ0n) is 26.4. The molecule has 0 bridgehead atoms. The van der Waals surface area contributed by atoms with Crippen molar-refractivity contribution < 1.29 is 55.3 Å². The third-order valence-electron chi connectivity index (χ3n) is 7.20. The minimum atomic E-state index is -5.08. The van der Waals surface area contributed by atoms with Crippen LogP contribution in [-0.4, -0.2) is 106 Å². The smallest absolute Gasteiger partial charge is 0.475 e. The van der Waals surface area contributed by atoms with Gasteiger partial charge >= 0.3 is 24.3 Å². The Morgan fingerprint density at radius 1 is 0.941 bits per heavy atom. The summed E-state index contributed by atoms with van der Waals surface area (Å²) in [5, 5.41) is 22.2. The van der Waals surface area contributed by atoms with Gasteiger partial charge in [0, 0.05) is 56.6 Å². The predicted octanol–water partition coefficient (Wildman–Crippen LogP) is 4.18. The van der Waals surface area contributed by atoms with Gasteiger partial charge in [0.05, 0.1) is 35.3 Å². The van der Waals surface area contributed by atoms with E-state index >= 15 is 4.39 Å². The van der Waals surface area contributed by atoms with Crippen molar-refractivity contribution in [1.82, 2.24) is 39.6 Å². The number of nitrogens with zero attached hydrogens (tertiary/aromatic N) is 8. The molecule has 0 radical (unpaired) electrons. The molecule has 1 unspecified atom stereocenters. The number of benzene rings is 1. The van der Waals surface area contributed by atoms with Gasteiger partial charge in [-0.3, -0.25) is 14.5 Å². The van der Waals surface area contributed by atoms with Crippen LogP contribution in [0.3, 0.4) is 0 Å². The quantitative estimate of drug-likeness (QED) is 0.189. The van der Waals surface area contributed by atoms with Crippen LogP contribution < -0.4 is 10.2 Å². The number of hydrogen-bond acceptors (Lipinski definition) is 10. The molecule has 272 valence electrons. The monoisotopic (exact) mass is 728 g/mol. The van der Waals surface area contributed by atoms with E-state index in [1.165, 1.54) is 6.33 Å². The van der Waals surface area contributed by atoms with Gasteiger partial charge in [-0.05, 0) is 25.1 Å². The van der Waals surface area contributed by atoms with Crippen molar-refractivity contribution in [2.45, 2.75) is 25.3 Å². The molecule has 1 saturated heterocycles. The number of aromatic amines is 1. The number of carboxylic acid groups (broad SMARTS) is 2. The van der Waals surface area contributed by atoms with Gasteiger partial charge in [0.15, 0.2) is 11.5 Å². The SMILES string of the molecule is CC(Nc1ncnc2[nH]cnc12)c1cc(F)c2cccnc2c1N1CCN(C(=O)c2cnn(C)c2)CC1.O=C(O)C(F)(F)F.O=C(O)C(F)(F)F. The van der Waals surface area contributed by atoms with E-state index in [-0.39, 0.29) is 17.8 Å². The fraction of sp³-hybridized carbons (Fsp3) is 0.310. The maximum Gasteiger partial charge on any atom is 0.490 e. The highest BCUT2D eigenvalue weighted by Gasteiger charge is 2.39. The van der Waals surface area contributed by atoms with Crippen LogP contribution >= 0.6 is 0 Å². The highest BCUT2D eigenvalue weighted by atomic mass is 19.4. The Morgan fingerprint density at radius 3 is 2.14 bits per heavy atom. The van der Waals surface area contributed by atoms with Gasteiger partial charge in [0.1, 0.15) is 17.7 Å². The first-order valence-electron chi connectivity index (χ1n) is 14.5. The normalized spacial score (nSPS) is 13.9. The van der Waals surface area contributed by atoms with E-state index in [9.17, 15) is 31.1 Å².